The summed E-state index contributed by atoms with van der Waals surface area (Å²) in [6, 6.07) is 5.86. The Balaban J connectivity index is 1.67. The first-order valence-corrected chi connectivity index (χ1v) is 9.04. The summed E-state index contributed by atoms with van der Waals surface area (Å²) in [5.74, 6) is -0.903. The van der Waals surface area contributed by atoms with Crippen LogP contribution >= 0.6 is 11.6 Å². The number of hydrogen-bond acceptors (Lipinski definition) is 6. The minimum absolute atomic E-state index is 0.0628. The Bertz CT molecular complexity index is 1250. The zero-order valence-electron chi connectivity index (χ0n) is 15.7. The van der Waals surface area contributed by atoms with Crippen LogP contribution in [-0.2, 0) is 6.18 Å². The fourth-order valence-electron chi connectivity index (χ4n) is 2.78. The Morgan fingerprint density at radius 2 is 1.87 bits per heavy atom. The molecule has 0 atom stereocenters. The summed E-state index contributed by atoms with van der Waals surface area (Å²) in [5.41, 5.74) is -1.34. The number of hydrogen-bond donors (Lipinski definition) is 1. The van der Waals surface area contributed by atoms with Gasteiger partial charge in [-0.3, -0.25) is 4.79 Å². The molecular formula is C18H12ClF3N8O. The molecule has 0 saturated heterocycles. The molecule has 0 spiro atoms. The van der Waals surface area contributed by atoms with Crippen molar-refractivity contribution in [1.82, 2.24) is 34.7 Å². The number of alkyl halides is 3. The number of amides is 1. The Morgan fingerprint density at radius 1 is 1.13 bits per heavy atom. The number of carbonyl (C=O) groups is 1. The van der Waals surface area contributed by atoms with Gasteiger partial charge in [-0.1, -0.05) is 17.7 Å². The van der Waals surface area contributed by atoms with Crippen molar-refractivity contribution in [2.45, 2.75) is 13.1 Å². The predicted octanol–water partition coefficient (Wildman–Crippen LogP) is 3.48. The quantitative estimate of drug-likeness (QED) is 0.512. The summed E-state index contributed by atoms with van der Waals surface area (Å²) in [6.45, 7) is 1.63. The zero-order chi connectivity index (χ0) is 22.2. The number of rotatable bonds is 4. The molecule has 4 heterocycles. The molecule has 0 aliphatic carbocycles. The largest absolute Gasteiger partial charge is 0.434 e. The molecule has 4 rings (SSSR count). The molecule has 0 radical (unpaired) electrons. The maximum absolute atomic E-state index is 13.8. The molecule has 4 aromatic heterocycles. The number of carbonyl (C=O) groups excluding carboxylic acids is 1. The molecule has 31 heavy (non-hydrogen) atoms. The summed E-state index contributed by atoms with van der Waals surface area (Å²) < 4.78 is 41.9. The van der Waals surface area contributed by atoms with Crippen LogP contribution in [0.15, 0.2) is 49.1 Å². The summed E-state index contributed by atoms with van der Waals surface area (Å²) in [5, 5.41) is 14.0. The van der Waals surface area contributed by atoms with Gasteiger partial charge in [-0.2, -0.15) is 28.5 Å². The van der Waals surface area contributed by atoms with Crippen molar-refractivity contribution >= 4 is 23.2 Å². The molecule has 1 amide bonds. The lowest BCUT2D eigenvalue weighted by Crippen LogP contribution is -2.21. The molecule has 0 unspecified atom stereocenters. The number of nitrogens with zero attached hydrogens (tertiary/aromatic N) is 7. The summed E-state index contributed by atoms with van der Waals surface area (Å²) in [7, 11) is 0. The van der Waals surface area contributed by atoms with E-state index in [2.05, 4.69) is 30.6 Å². The highest BCUT2D eigenvalue weighted by Gasteiger charge is 2.41. The van der Waals surface area contributed by atoms with Crippen molar-refractivity contribution in [1.29, 1.82) is 0 Å². The standard InChI is InChI=1S/C18H12ClF3N8O/c1-10-3-2-4-14(27-10)29-15(18(20,21)22)12(9-26-29)17(31)28-11-7-13(19)16(23-8-11)30-24-5-6-25-30/h2-9H,1H3,(H,28,31). The Kier molecular flexibility index (Phi) is 5.15. The van der Waals surface area contributed by atoms with E-state index in [1.54, 1.807) is 19.1 Å². The van der Waals surface area contributed by atoms with Gasteiger partial charge in [0.05, 0.1) is 41.1 Å². The van der Waals surface area contributed by atoms with E-state index < -0.39 is 23.3 Å². The lowest BCUT2D eigenvalue weighted by Gasteiger charge is -2.13. The highest BCUT2D eigenvalue weighted by atomic mass is 35.5. The first-order valence-electron chi connectivity index (χ1n) is 8.67. The van der Waals surface area contributed by atoms with E-state index in [0.717, 1.165) is 11.0 Å². The first-order chi connectivity index (χ1) is 14.7. The van der Waals surface area contributed by atoms with E-state index in [-0.39, 0.29) is 22.3 Å². The van der Waals surface area contributed by atoms with Gasteiger partial charge in [-0.25, -0.2) is 14.6 Å². The number of aromatic nitrogens is 7. The molecule has 158 valence electrons. The second-order valence-electron chi connectivity index (χ2n) is 6.26. The van der Waals surface area contributed by atoms with Crippen LogP contribution in [0.1, 0.15) is 21.7 Å². The number of nitrogens with one attached hydrogen (secondary N) is 1. The Hall–Kier alpha value is -3.80. The van der Waals surface area contributed by atoms with Crippen LogP contribution in [0.25, 0.3) is 11.6 Å². The fraction of sp³-hybridized carbons (Fsp3) is 0.111. The van der Waals surface area contributed by atoms with Crippen molar-refractivity contribution in [2.75, 3.05) is 5.32 Å². The monoisotopic (exact) mass is 448 g/mol. The summed E-state index contributed by atoms with van der Waals surface area (Å²) in [4.78, 5) is 21.9. The van der Waals surface area contributed by atoms with Crippen LogP contribution < -0.4 is 5.32 Å². The molecule has 0 aliphatic rings. The number of pyridine rings is 2. The molecule has 0 saturated carbocycles. The van der Waals surface area contributed by atoms with Crippen LogP contribution in [0.4, 0.5) is 18.9 Å². The second-order valence-corrected chi connectivity index (χ2v) is 6.66. The maximum Gasteiger partial charge on any atom is 0.434 e. The molecular weight excluding hydrogens is 437 g/mol. The van der Waals surface area contributed by atoms with E-state index in [1.807, 2.05) is 0 Å². The van der Waals surface area contributed by atoms with Gasteiger partial charge >= 0.3 is 6.18 Å². The normalized spacial score (nSPS) is 11.5. The Morgan fingerprint density at radius 3 is 2.52 bits per heavy atom. The minimum atomic E-state index is -4.86. The van der Waals surface area contributed by atoms with E-state index >= 15 is 0 Å². The highest BCUT2D eigenvalue weighted by Crippen LogP contribution is 2.34. The molecule has 13 heteroatoms. The van der Waals surface area contributed by atoms with Gasteiger partial charge in [0.2, 0.25) is 0 Å². The van der Waals surface area contributed by atoms with Gasteiger partial charge in [0, 0.05) is 5.69 Å². The number of anilines is 1. The minimum Gasteiger partial charge on any atom is -0.320 e. The lowest BCUT2D eigenvalue weighted by atomic mass is 10.2. The van der Waals surface area contributed by atoms with Crippen molar-refractivity contribution in [3.05, 3.63) is 71.0 Å². The van der Waals surface area contributed by atoms with Gasteiger partial charge in [-0.05, 0) is 25.1 Å². The molecule has 0 aliphatic heterocycles. The van der Waals surface area contributed by atoms with Crippen LogP contribution in [0.3, 0.4) is 0 Å². The third-order valence-electron chi connectivity index (χ3n) is 4.06. The second kappa shape index (κ2) is 7.80. The average molecular weight is 449 g/mol. The third kappa shape index (κ3) is 4.10. The number of halogens is 4. The number of aryl methyl sites for hydroxylation is 1. The van der Waals surface area contributed by atoms with Crippen molar-refractivity contribution in [3.63, 3.8) is 0 Å². The SMILES string of the molecule is Cc1cccc(-n2ncc(C(=O)Nc3cnc(-n4nccn4)c(Cl)c3)c2C(F)(F)F)n1. The van der Waals surface area contributed by atoms with Crippen molar-refractivity contribution < 1.29 is 18.0 Å². The van der Waals surface area contributed by atoms with Crippen LogP contribution in [0, 0.1) is 6.92 Å². The molecule has 0 bridgehead atoms. The van der Waals surface area contributed by atoms with Gasteiger partial charge in [0.15, 0.2) is 17.3 Å². The van der Waals surface area contributed by atoms with E-state index in [1.165, 1.54) is 30.7 Å². The maximum atomic E-state index is 13.8. The Labute approximate surface area is 177 Å². The first kappa shape index (κ1) is 20.5. The smallest absolute Gasteiger partial charge is 0.320 e. The molecule has 4 aromatic rings. The van der Waals surface area contributed by atoms with Crippen molar-refractivity contribution in [2.24, 2.45) is 0 Å². The lowest BCUT2D eigenvalue weighted by molar-refractivity contribution is -0.143. The molecule has 0 aromatic carbocycles. The van der Waals surface area contributed by atoms with Gasteiger partial charge in [-0.15, -0.1) is 4.80 Å². The van der Waals surface area contributed by atoms with E-state index in [4.69, 9.17) is 11.6 Å². The molecule has 0 fully saturated rings. The molecule has 1 N–H and O–H groups in total. The average Bonchev–Trinajstić information content (AvgIpc) is 3.38. The van der Waals surface area contributed by atoms with Gasteiger partial charge in [0.1, 0.15) is 0 Å². The van der Waals surface area contributed by atoms with Crippen LogP contribution in [-0.4, -0.2) is 40.6 Å². The van der Waals surface area contributed by atoms with Crippen molar-refractivity contribution in [3.8, 4) is 11.6 Å². The highest BCUT2D eigenvalue weighted by molar-refractivity contribution is 6.32. The third-order valence-corrected chi connectivity index (χ3v) is 4.34. The van der Waals surface area contributed by atoms with Crippen LogP contribution in [0.2, 0.25) is 5.02 Å². The summed E-state index contributed by atoms with van der Waals surface area (Å²) >= 11 is 6.13. The zero-order valence-corrected chi connectivity index (χ0v) is 16.4. The predicted molar refractivity (Wildman–Crippen MR) is 103 cm³/mol. The molecule has 9 nitrogen and oxygen atoms in total. The van der Waals surface area contributed by atoms with E-state index in [9.17, 15) is 18.0 Å². The van der Waals surface area contributed by atoms with Crippen LogP contribution in [0.5, 0.6) is 0 Å². The van der Waals surface area contributed by atoms with E-state index in [0.29, 0.717) is 10.4 Å². The van der Waals surface area contributed by atoms with Gasteiger partial charge in [0.25, 0.3) is 5.91 Å². The fourth-order valence-corrected chi connectivity index (χ4v) is 3.02. The van der Waals surface area contributed by atoms with Gasteiger partial charge < -0.3 is 5.32 Å². The topological polar surface area (TPSA) is 103 Å². The summed E-state index contributed by atoms with van der Waals surface area (Å²) in [6.07, 6.45) is 0.0435.